The number of hydrogen-bond acceptors (Lipinski definition) is 5. The molecule has 24 heavy (non-hydrogen) atoms. The molecule has 0 fully saturated rings. The zero-order chi connectivity index (χ0) is 17.4. The first-order valence-corrected chi connectivity index (χ1v) is 9.60. The van der Waals surface area contributed by atoms with Gasteiger partial charge < -0.3 is 15.0 Å². The number of likely N-dealkylation sites (N-methyl/N-ethyl adjacent to an activating group) is 1. The van der Waals surface area contributed by atoms with E-state index in [9.17, 15) is 9.59 Å². The molecule has 3 heterocycles. The van der Waals surface area contributed by atoms with Crippen molar-refractivity contribution in [2.45, 2.75) is 13.0 Å². The summed E-state index contributed by atoms with van der Waals surface area (Å²) in [6.45, 7) is 1.76. The molecule has 0 aliphatic carbocycles. The lowest BCUT2D eigenvalue weighted by molar-refractivity contribution is -0.895. The third kappa shape index (κ3) is 3.32. The fourth-order valence-electron chi connectivity index (χ4n) is 2.69. The van der Waals surface area contributed by atoms with Crippen molar-refractivity contribution in [3.63, 3.8) is 0 Å². The first kappa shape index (κ1) is 17.7. The first-order chi connectivity index (χ1) is 11.4. The molecule has 1 aliphatic heterocycles. The molecule has 0 aromatic carbocycles. The Kier molecular flexibility index (Phi) is 5.17. The summed E-state index contributed by atoms with van der Waals surface area (Å²) in [4.78, 5) is 27.2. The highest BCUT2D eigenvalue weighted by molar-refractivity contribution is 7.20. The van der Waals surface area contributed by atoms with Crippen LogP contribution >= 0.6 is 45.9 Å². The van der Waals surface area contributed by atoms with Crippen LogP contribution in [0, 0.1) is 0 Å². The van der Waals surface area contributed by atoms with Gasteiger partial charge in [-0.05, 0) is 11.6 Å². The van der Waals surface area contributed by atoms with E-state index in [1.165, 1.54) is 29.4 Å². The van der Waals surface area contributed by atoms with Gasteiger partial charge in [0.25, 0.3) is 5.91 Å². The Hall–Kier alpha value is -1.12. The largest absolute Gasteiger partial charge is 0.465 e. The summed E-state index contributed by atoms with van der Waals surface area (Å²) >= 11 is 14.5. The second kappa shape index (κ2) is 7.01. The van der Waals surface area contributed by atoms with Crippen LogP contribution in [-0.4, -0.2) is 32.6 Å². The number of anilines is 1. The quantitative estimate of drug-likeness (QED) is 0.771. The van der Waals surface area contributed by atoms with Crippen molar-refractivity contribution in [3.8, 4) is 0 Å². The van der Waals surface area contributed by atoms with Crippen LogP contribution in [0.5, 0.6) is 0 Å². The van der Waals surface area contributed by atoms with Gasteiger partial charge in [-0.15, -0.1) is 22.7 Å². The van der Waals surface area contributed by atoms with Crippen LogP contribution < -0.4 is 10.2 Å². The van der Waals surface area contributed by atoms with Crippen molar-refractivity contribution in [1.82, 2.24) is 0 Å². The topological polar surface area (TPSA) is 59.8 Å². The standard InChI is InChI=1S/C15H14Cl2N2O3S2/c1-19-4-3-7-9(6-19)23-14(11(7)15(21)22-2)18-13(20)8-5-10(16)24-12(8)17/h5H,3-4,6H2,1-2H3,(H,18,20)/p+1. The SMILES string of the molecule is COC(=O)c1c(NC(=O)c2cc(Cl)sc2Cl)sc2c1CC[NH+](C)C2. The molecular weight excluding hydrogens is 391 g/mol. The van der Waals surface area contributed by atoms with E-state index in [0.717, 1.165) is 41.3 Å². The van der Waals surface area contributed by atoms with E-state index in [2.05, 4.69) is 12.4 Å². The van der Waals surface area contributed by atoms with E-state index in [0.29, 0.717) is 24.8 Å². The summed E-state index contributed by atoms with van der Waals surface area (Å²) in [5.74, 6) is -0.815. The highest BCUT2D eigenvalue weighted by atomic mass is 35.5. The second-order valence-electron chi connectivity index (χ2n) is 5.53. The van der Waals surface area contributed by atoms with Crippen molar-refractivity contribution in [3.05, 3.63) is 36.3 Å². The summed E-state index contributed by atoms with van der Waals surface area (Å²) in [5, 5.41) is 3.31. The zero-order valence-corrected chi connectivity index (χ0v) is 16.1. The summed E-state index contributed by atoms with van der Waals surface area (Å²) in [5.41, 5.74) is 1.73. The normalized spacial score (nSPS) is 16.6. The predicted octanol–water partition coefficient (Wildman–Crippen LogP) is 2.73. The Morgan fingerprint density at radius 3 is 2.71 bits per heavy atom. The van der Waals surface area contributed by atoms with Gasteiger partial charge in [-0.2, -0.15) is 0 Å². The number of halogens is 2. The van der Waals surface area contributed by atoms with E-state index < -0.39 is 5.97 Å². The lowest BCUT2D eigenvalue weighted by atomic mass is 10.0. The van der Waals surface area contributed by atoms with Crippen LogP contribution in [0.2, 0.25) is 8.67 Å². The molecule has 1 atom stereocenters. The third-order valence-electron chi connectivity index (χ3n) is 3.87. The number of nitrogens with one attached hydrogen (secondary N) is 2. The maximum Gasteiger partial charge on any atom is 0.341 e. The van der Waals surface area contributed by atoms with Crippen LogP contribution in [0.25, 0.3) is 0 Å². The Balaban J connectivity index is 1.96. The number of fused-ring (bicyclic) bond motifs is 1. The van der Waals surface area contributed by atoms with E-state index >= 15 is 0 Å². The average Bonchev–Trinajstić information content (AvgIpc) is 3.05. The Bertz CT molecular complexity index is 816. The fourth-order valence-corrected chi connectivity index (χ4v) is 5.49. The molecule has 5 nitrogen and oxygen atoms in total. The number of amides is 1. The van der Waals surface area contributed by atoms with Gasteiger partial charge in [-0.1, -0.05) is 23.2 Å². The Morgan fingerprint density at radius 2 is 2.08 bits per heavy atom. The minimum absolute atomic E-state index is 0.302. The summed E-state index contributed by atoms with van der Waals surface area (Å²) < 4.78 is 5.67. The number of carbonyl (C=O) groups is 2. The highest BCUT2D eigenvalue weighted by Crippen LogP contribution is 2.37. The van der Waals surface area contributed by atoms with Crippen molar-refractivity contribution >= 4 is 62.8 Å². The van der Waals surface area contributed by atoms with E-state index in [-0.39, 0.29) is 5.91 Å². The molecule has 0 saturated heterocycles. The van der Waals surface area contributed by atoms with E-state index in [1.807, 2.05) is 0 Å². The van der Waals surface area contributed by atoms with Gasteiger partial charge in [-0.3, -0.25) is 4.79 Å². The minimum atomic E-state index is -0.434. The van der Waals surface area contributed by atoms with Gasteiger partial charge in [-0.25, -0.2) is 4.79 Å². The van der Waals surface area contributed by atoms with Crippen molar-refractivity contribution in [2.75, 3.05) is 26.0 Å². The molecule has 0 spiro atoms. The number of ether oxygens (including phenoxy) is 1. The molecule has 9 heteroatoms. The first-order valence-electron chi connectivity index (χ1n) is 7.21. The average molecular weight is 406 g/mol. The third-order valence-corrected chi connectivity index (χ3v) is 6.51. The van der Waals surface area contributed by atoms with Gasteiger partial charge in [0.2, 0.25) is 0 Å². The summed E-state index contributed by atoms with van der Waals surface area (Å²) in [6, 6.07) is 1.52. The lowest BCUT2D eigenvalue weighted by Crippen LogP contribution is -3.08. The molecule has 128 valence electrons. The molecular formula is C15H15Cl2N2O3S2+. The Morgan fingerprint density at radius 1 is 1.33 bits per heavy atom. The molecule has 1 unspecified atom stereocenters. The Labute approximate surface area is 157 Å². The molecule has 3 rings (SSSR count). The van der Waals surface area contributed by atoms with Crippen molar-refractivity contribution in [1.29, 1.82) is 0 Å². The van der Waals surface area contributed by atoms with Gasteiger partial charge in [0.05, 0.1) is 41.0 Å². The van der Waals surface area contributed by atoms with Crippen molar-refractivity contribution in [2.24, 2.45) is 0 Å². The number of carbonyl (C=O) groups excluding carboxylic acids is 2. The van der Waals surface area contributed by atoms with Crippen LogP contribution in [0.15, 0.2) is 6.07 Å². The number of rotatable bonds is 3. The van der Waals surface area contributed by atoms with E-state index in [4.69, 9.17) is 27.9 Å². The van der Waals surface area contributed by atoms with Gasteiger partial charge >= 0.3 is 5.97 Å². The smallest absolute Gasteiger partial charge is 0.341 e. The molecule has 2 N–H and O–H groups in total. The summed E-state index contributed by atoms with van der Waals surface area (Å²) in [6.07, 6.45) is 0.781. The summed E-state index contributed by atoms with van der Waals surface area (Å²) in [7, 11) is 3.44. The molecule has 2 aromatic heterocycles. The number of esters is 1. The predicted molar refractivity (Wildman–Crippen MR) is 97.1 cm³/mol. The maximum atomic E-state index is 12.5. The molecule has 1 aliphatic rings. The van der Waals surface area contributed by atoms with Gasteiger partial charge in [0.15, 0.2) is 0 Å². The highest BCUT2D eigenvalue weighted by Gasteiger charge is 2.30. The van der Waals surface area contributed by atoms with Gasteiger partial charge in [0, 0.05) is 6.42 Å². The second-order valence-corrected chi connectivity index (χ2v) is 8.92. The lowest BCUT2D eigenvalue weighted by Gasteiger charge is -2.19. The minimum Gasteiger partial charge on any atom is -0.465 e. The van der Waals surface area contributed by atoms with Crippen LogP contribution in [0.3, 0.4) is 0 Å². The van der Waals surface area contributed by atoms with Crippen LogP contribution in [-0.2, 0) is 17.7 Å². The molecule has 0 saturated carbocycles. The molecule has 0 bridgehead atoms. The number of quaternary nitrogens is 1. The number of hydrogen-bond donors (Lipinski definition) is 2. The van der Waals surface area contributed by atoms with Crippen LogP contribution in [0.1, 0.15) is 31.2 Å². The van der Waals surface area contributed by atoms with E-state index in [1.54, 1.807) is 0 Å². The van der Waals surface area contributed by atoms with Gasteiger partial charge in [0.1, 0.15) is 15.9 Å². The number of methoxy groups -OCH3 is 1. The monoisotopic (exact) mass is 405 g/mol. The fraction of sp³-hybridized carbons (Fsp3) is 0.333. The molecule has 1 amide bonds. The zero-order valence-electron chi connectivity index (χ0n) is 13.0. The molecule has 2 aromatic rings. The molecule has 0 radical (unpaired) electrons. The van der Waals surface area contributed by atoms with Crippen LogP contribution in [0.4, 0.5) is 5.00 Å². The number of thiophene rings is 2. The maximum absolute atomic E-state index is 12.5. The van der Waals surface area contributed by atoms with Crippen molar-refractivity contribution < 1.29 is 19.2 Å².